The van der Waals surface area contributed by atoms with E-state index in [-0.39, 0.29) is 0 Å². The lowest BCUT2D eigenvalue weighted by Gasteiger charge is -2.07. The molecule has 0 bridgehead atoms. The molecule has 1 aliphatic heterocycles. The van der Waals surface area contributed by atoms with Crippen LogP contribution >= 0.6 is 27.5 Å². The van der Waals surface area contributed by atoms with E-state index in [2.05, 4.69) is 32.3 Å². The van der Waals surface area contributed by atoms with Gasteiger partial charge in [-0.15, -0.1) is 0 Å². The van der Waals surface area contributed by atoms with E-state index in [0.717, 1.165) is 16.7 Å². The third-order valence-corrected chi connectivity index (χ3v) is 3.66. The Balaban J connectivity index is 2.20. The number of rotatable bonds is 3. The van der Waals surface area contributed by atoms with Gasteiger partial charge < -0.3 is 10.1 Å². The second-order valence-corrected chi connectivity index (χ2v) is 5.17. The number of nitrogens with zero attached hydrogens (tertiary/aromatic N) is 1. The maximum atomic E-state index is 5.94. The first kappa shape index (κ1) is 12.9. The Morgan fingerprint density at radius 3 is 3.12 bits per heavy atom. The van der Waals surface area contributed by atoms with Crippen molar-refractivity contribution < 1.29 is 4.74 Å². The second-order valence-electron chi connectivity index (χ2n) is 3.91. The summed E-state index contributed by atoms with van der Waals surface area (Å²) >= 11 is 9.48. The summed E-state index contributed by atoms with van der Waals surface area (Å²) in [5.74, 6) is 0.453. The van der Waals surface area contributed by atoms with Crippen LogP contribution in [-0.4, -0.2) is 24.7 Å². The van der Waals surface area contributed by atoms with Gasteiger partial charge in [-0.25, -0.2) is 4.98 Å². The van der Waals surface area contributed by atoms with E-state index in [1.165, 1.54) is 12.8 Å². The Labute approximate surface area is 114 Å². The average molecular weight is 318 g/mol. The fourth-order valence-electron chi connectivity index (χ4n) is 1.82. The van der Waals surface area contributed by atoms with Crippen LogP contribution in [0.5, 0.6) is 5.88 Å². The lowest BCUT2D eigenvalue weighted by Crippen LogP contribution is -2.18. The SMILES string of the molecule is COc1nc(/C(Br)=C/[C@H]2CCCN2)ccc1Cl. The normalized spacial score (nSPS) is 20.6. The lowest BCUT2D eigenvalue weighted by atomic mass is 10.2. The van der Waals surface area contributed by atoms with E-state index in [1.807, 2.05) is 6.07 Å². The molecule has 0 unspecified atom stereocenters. The zero-order chi connectivity index (χ0) is 12.3. The molecule has 1 aromatic heterocycles. The molecule has 1 atom stereocenters. The Morgan fingerprint density at radius 1 is 1.65 bits per heavy atom. The van der Waals surface area contributed by atoms with Gasteiger partial charge in [-0.3, -0.25) is 0 Å². The molecule has 2 rings (SSSR count). The highest BCUT2D eigenvalue weighted by molar-refractivity contribution is 9.15. The number of ether oxygens (including phenoxy) is 1. The van der Waals surface area contributed by atoms with Crippen molar-refractivity contribution in [3.8, 4) is 5.88 Å². The monoisotopic (exact) mass is 316 g/mol. The molecule has 0 aromatic carbocycles. The Kier molecular flexibility index (Phi) is 4.42. The highest BCUT2D eigenvalue weighted by Crippen LogP contribution is 2.27. The molecule has 5 heteroatoms. The Morgan fingerprint density at radius 2 is 2.47 bits per heavy atom. The van der Waals surface area contributed by atoms with E-state index in [4.69, 9.17) is 16.3 Å². The molecule has 17 heavy (non-hydrogen) atoms. The predicted molar refractivity (Wildman–Crippen MR) is 73.7 cm³/mol. The predicted octanol–water partition coefficient (Wildman–Crippen LogP) is 3.23. The van der Waals surface area contributed by atoms with Gasteiger partial charge in [0.25, 0.3) is 0 Å². The molecule has 0 radical (unpaired) electrons. The third-order valence-electron chi connectivity index (χ3n) is 2.70. The Hall–Kier alpha value is -0.580. The molecular weight excluding hydrogens is 304 g/mol. The number of hydrogen-bond acceptors (Lipinski definition) is 3. The number of methoxy groups -OCH3 is 1. The summed E-state index contributed by atoms with van der Waals surface area (Å²) in [5, 5.41) is 3.93. The van der Waals surface area contributed by atoms with Gasteiger partial charge in [0.15, 0.2) is 0 Å². The van der Waals surface area contributed by atoms with Gasteiger partial charge in [0.05, 0.1) is 12.8 Å². The minimum Gasteiger partial charge on any atom is -0.480 e. The van der Waals surface area contributed by atoms with E-state index in [0.29, 0.717) is 16.9 Å². The smallest absolute Gasteiger partial charge is 0.232 e. The topological polar surface area (TPSA) is 34.1 Å². The van der Waals surface area contributed by atoms with Crippen molar-refractivity contribution >= 4 is 32.0 Å². The van der Waals surface area contributed by atoms with Crippen LogP contribution in [0.4, 0.5) is 0 Å². The summed E-state index contributed by atoms with van der Waals surface area (Å²) in [6.45, 7) is 1.08. The maximum Gasteiger partial charge on any atom is 0.232 e. The highest BCUT2D eigenvalue weighted by Gasteiger charge is 2.13. The Bertz CT molecular complexity index is 431. The first-order valence-corrected chi connectivity index (χ1v) is 6.69. The minimum absolute atomic E-state index is 0.424. The van der Waals surface area contributed by atoms with Crippen molar-refractivity contribution in [3.63, 3.8) is 0 Å². The third kappa shape index (κ3) is 3.21. The van der Waals surface area contributed by atoms with Crippen LogP contribution in [-0.2, 0) is 0 Å². The molecule has 92 valence electrons. The molecule has 3 nitrogen and oxygen atoms in total. The molecule has 0 aliphatic carbocycles. The van der Waals surface area contributed by atoms with Crippen LogP contribution in [0.25, 0.3) is 4.48 Å². The van der Waals surface area contributed by atoms with Gasteiger partial charge in [-0.1, -0.05) is 17.7 Å². The van der Waals surface area contributed by atoms with E-state index >= 15 is 0 Å². The van der Waals surface area contributed by atoms with Crippen LogP contribution in [0.3, 0.4) is 0 Å². The van der Waals surface area contributed by atoms with Crippen molar-refractivity contribution in [1.29, 1.82) is 0 Å². The number of nitrogens with one attached hydrogen (secondary N) is 1. The van der Waals surface area contributed by atoms with E-state index < -0.39 is 0 Å². The van der Waals surface area contributed by atoms with Crippen molar-refractivity contribution in [1.82, 2.24) is 10.3 Å². The molecule has 1 aromatic rings. The highest BCUT2D eigenvalue weighted by atomic mass is 79.9. The number of aromatic nitrogens is 1. The first-order valence-electron chi connectivity index (χ1n) is 5.52. The van der Waals surface area contributed by atoms with E-state index in [9.17, 15) is 0 Å². The zero-order valence-electron chi connectivity index (χ0n) is 9.54. The molecule has 0 spiro atoms. The summed E-state index contributed by atoms with van der Waals surface area (Å²) < 4.78 is 6.06. The molecule has 0 saturated carbocycles. The van der Waals surface area contributed by atoms with Crippen molar-refractivity contribution in [2.24, 2.45) is 0 Å². The standard InChI is InChI=1S/C12H14BrClN2O/c1-17-12-10(14)4-5-11(16-12)9(13)7-8-3-2-6-15-8/h4-5,7-8,15H,2-3,6H2,1H3/b9-7-/t8-/m1/s1. The van der Waals surface area contributed by atoms with Crippen molar-refractivity contribution in [3.05, 3.63) is 28.9 Å². The summed E-state index contributed by atoms with van der Waals surface area (Å²) in [4.78, 5) is 4.34. The zero-order valence-corrected chi connectivity index (χ0v) is 11.9. The first-order chi connectivity index (χ1) is 8.20. The van der Waals surface area contributed by atoms with Gasteiger partial charge in [0.1, 0.15) is 5.02 Å². The van der Waals surface area contributed by atoms with Gasteiger partial charge in [-0.05, 0) is 47.4 Å². The number of hydrogen-bond donors (Lipinski definition) is 1. The molecule has 1 saturated heterocycles. The molecule has 2 heterocycles. The van der Waals surface area contributed by atoms with Gasteiger partial charge in [0.2, 0.25) is 5.88 Å². The van der Waals surface area contributed by atoms with Crippen LogP contribution in [0, 0.1) is 0 Å². The van der Waals surface area contributed by atoms with Crippen LogP contribution in [0.1, 0.15) is 18.5 Å². The van der Waals surface area contributed by atoms with Crippen molar-refractivity contribution in [2.45, 2.75) is 18.9 Å². The molecule has 0 amide bonds. The van der Waals surface area contributed by atoms with Crippen LogP contribution < -0.4 is 10.1 Å². The van der Waals surface area contributed by atoms with Gasteiger partial charge in [0, 0.05) is 10.5 Å². The number of pyridine rings is 1. The minimum atomic E-state index is 0.424. The lowest BCUT2D eigenvalue weighted by molar-refractivity contribution is 0.398. The van der Waals surface area contributed by atoms with Gasteiger partial charge in [-0.2, -0.15) is 0 Å². The average Bonchev–Trinajstić information content (AvgIpc) is 2.82. The van der Waals surface area contributed by atoms with Crippen LogP contribution in [0.15, 0.2) is 18.2 Å². The fraction of sp³-hybridized carbons (Fsp3) is 0.417. The summed E-state index contributed by atoms with van der Waals surface area (Å²) in [7, 11) is 1.56. The molecule has 1 aliphatic rings. The largest absolute Gasteiger partial charge is 0.480 e. The van der Waals surface area contributed by atoms with E-state index in [1.54, 1.807) is 13.2 Å². The maximum absolute atomic E-state index is 5.94. The van der Waals surface area contributed by atoms with Crippen molar-refractivity contribution in [2.75, 3.05) is 13.7 Å². The molecular formula is C12H14BrClN2O. The second kappa shape index (κ2) is 5.85. The summed E-state index contributed by atoms with van der Waals surface area (Å²) in [5.41, 5.74) is 0.833. The quantitative estimate of drug-likeness (QED) is 0.929. The molecule has 1 N–H and O–H groups in total. The number of halogens is 2. The van der Waals surface area contributed by atoms with Gasteiger partial charge >= 0.3 is 0 Å². The molecule has 1 fully saturated rings. The fourth-order valence-corrected chi connectivity index (χ4v) is 2.54. The summed E-state index contributed by atoms with van der Waals surface area (Å²) in [6.07, 6.45) is 4.53. The van der Waals surface area contributed by atoms with Crippen LogP contribution in [0.2, 0.25) is 5.02 Å². The summed E-state index contributed by atoms with van der Waals surface area (Å²) in [6, 6.07) is 4.09.